The number of ether oxygens (including phenoxy) is 1. The van der Waals surface area contributed by atoms with Crippen LogP contribution in [0.25, 0.3) is 10.8 Å². The SMILES string of the molecule is COc1ccc2cc(CNCC(C)(C)CCO)ccc2c1. The van der Waals surface area contributed by atoms with E-state index in [1.807, 2.05) is 6.07 Å². The van der Waals surface area contributed by atoms with E-state index in [9.17, 15) is 0 Å². The molecule has 21 heavy (non-hydrogen) atoms. The van der Waals surface area contributed by atoms with Crippen LogP contribution in [0.3, 0.4) is 0 Å². The number of fused-ring (bicyclic) bond motifs is 1. The van der Waals surface area contributed by atoms with E-state index in [1.165, 1.54) is 16.3 Å². The minimum Gasteiger partial charge on any atom is -0.497 e. The summed E-state index contributed by atoms with van der Waals surface area (Å²) in [5.41, 5.74) is 1.39. The average Bonchev–Trinajstić information content (AvgIpc) is 2.46. The molecule has 2 aromatic carbocycles. The molecule has 0 bridgehead atoms. The Bertz CT molecular complexity index is 593. The predicted molar refractivity (Wildman–Crippen MR) is 87.7 cm³/mol. The normalized spacial score (nSPS) is 11.8. The van der Waals surface area contributed by atoms with Crippen LogP contribution in [-0.2, 0) is 6.54 Å². The van der Waals surface area contributed by atoms with Crippen LogP contribution in [0.15, 0.2) is 36.4 Å². The first-order chi connectivity index (χ1) is 10.0. The third kappa shape index (κ3) is 4.45. The summed E-state index contributed by atoms with van der Waals surface area (Å²) in [5.74, 6) is 0.888. The number of aliphatic hydroxyl groups is 1. The number of methoxy groups -OCH3 is 1. The molecular formula is C18H25NO2. The number of hydrogen-bond donors (Lipinski definition) is 2. The van der Waals surface area contributed by atoms with E-state index < -0.39 is 0 Å². The summed E-state index contributed by atoms with van der Waals surface area (Å²) in [6, 6.07) is 12.6. The van der Waals surface area contributed by atoms with Gasteiger partial charge in [-0.2, -0.15) is 0 Å². The van der Waals surface area contributed by atoms with Gasteiger partial charge in [-0.25, -0.2) is 0 Å². The summed E-state index contributed by atoms with van der Waals surface area (Å²) in [6.45, 7) is 6.32. The van der Waals surface area contributed by atoms with Crippen molar-refractivity contribution in [2.24, 2.45) is 5.41 Å². The topological polar surface area (TPSA) is 41.5 Å². The quantitative estimate of drug-likeness (QED) is 0.820. The molecule has 2 N–H and O–H groups in total. The molecule has 3 nitrogen and oxygen atoms in total. The van der Waals surface area contributed by atoms with Crippen LogP contribution in [0, 0.1) is 5.41 Å². The molecule has 0 heterocycles. The van der Waals surface area contributed by atoms with Crippen molar-refractivity contribution >= 4 is 10.8 Å². The molecule has 0 aliphatic heterocycles. The number of rotatable bonds is 7. The monoisotopic (exact) mass is 287 g/mol. The second kappa shape index (κ2) is 6.92. The van der Waals surface area contributed by atoms with Gasteiger partial charge in [0.1, 0.15) is 5.75 Å². The van der Waals surface area contributed by atoms with E-state index in [2.05, 4.69) is 49.5 Å². The van der Waals surface area contributed by atoms with Crippen LogP contribution in [0.5, 0.6) is 5.75 Å². The molecule has 0 aliphatic carbocycles. The van der Waals surface area contributed by atoms with Gasteiger partial charge in [0.05, 0.1) is 7.11 Å². The lowest BCUT2D eigenvalue weighted by atomic mass is 9.90. The zero-order valence-electron chi connectivity index (χ0n) is 13.1. The van der Waals surface area contributed by atoms with Gasteiger partial charge in [0.15, 0.2) is 0 Å². The number of nitrogens with one attached hydrogen (secondary N) is 1. The Morgan fingerprint density at radius 1 is 1.10 bits per heavy atom. The highest BCUT2D eigenvalue weighted by Gasteiger charge is 2.16. The Kier molecular flexibility index (Phi) is 5.21. The fourth-order valence-electron chi connectivity index (χ4n) is 2.45. The molecule has 0 amide bonds. The van der Waals surface area contributed by atoms with E-state index >= 15 is 0 Å². The van der Waals surface area contributed by atoms with Crippen LogP contribution < -0.4 is 10.1 Å². The van der Waals surface area contributed by atoms with Crippen molar-refractivity contribution in [1.29, 1.82) is 0 Å². The van der Waals surface area contributed by atoms with Crippen LogP contribution in [-0.4, -0.2) is 25.4 Å². The first kappa shape index (κ1) is 15.8. The molecule has 114 valence electrons. The lowest BCUT2D eigenvalue weighted by Crippen LogP contribution is -2.29. The maximum Gasteiger partial charge on any atom is 0.119 e. The molecule has 3 heteroatoms. The second-order valence-electron chi connectivity index (χ2n) is 6.29. The van der Waals surface area contributed by atoms with E-state index in [4.69, 9.17) is 9.84 Å². The first-order valence-corrected chi connectivity index (χ1v) is 7.42. The van der Waals surface area contributed by atoms with Gasteiger partial charge in [-0.1, -0.05) is 32.0 Å². The van der Waals surface area contributed by atoms with Crippen molar-refractivity contribution in [3.63, 3.8) is 0 Å². The van der Waals surface area contributed by atoms with Crippen molar-refractivity contribution < 1.29 is 9.84 Å². The molecule has 0 unspecified atom stereocenters. The summed E-state index contributed by atoms with van der Waals surface area (Å²) in [4.78, 5) is 0. The Balaban J connectivity index is 2.00. The standard InChI is InChI=1S/C18H25NO2/c1-18(2,8-9-20)13-19-12-14-4-5-16-11-17(21-3)7-6-15(16)10-14/h4-7,10-11,19-20H,8-9,12-13H2,1-3H3. The summed E-state index contributed by atoms with van der Waals surface area (Å²) >= 11 is 0. The molecule has 2 rings (SSSR count). The van der Waals surface area contributed by atoms with Gasteiger partial charge in [0, 0.05) is 19.7 Å². The van der Waals surface area contributed by atoms with Crippen molar-refractivity contribution in [2.75, 3.05) is 20.3 Å². The lowest BCUT2D eigenvalue weighted by molar-refractivity contribution is 0.207. The highest BCUT2D eigenvalue weighted by molar-refractivity contribution is 5.84. The zero-order valence-corrected chi connectivity index (χ0v) is 13.1. The van der Waals surface area contributed by atoms with Crippen LogP contribution in [0.2, 0.25) is 0 Å². The van der Waals surface area contributed by atoms with Gasteiger partial charge in [0.25, 0.3) is 0 Å². The van der Waals surface area contributed by atoms with Crippen molar-refractivity contribution in [3.05, 3.63) is 42.0 Å². The molecule has 0 aromatic heterocycles. The molecule has 0 spiro atoms. The highest BCUT2D eigenvalue weighted by atomic mass is 16.5. The summed E-state index contributed by atoms with van der Waals surface area (Å²) < 4.78 is 5.25. The van der Waals surface area contributed by atoms with E-state index in [-0.39, 0.29) is 12.0 Å². The van der Waals surface area contributed by atoms with Crippen molar-refractivity contribution in [2.45, 2.75) is 26.8 Å². The molecule has 0 saturated heterocycles. The molecule has 0 saturated carbocycles. The van der Waals surface area contributed by atoms with E-state index in [1.54, 1.807) is 7.11 Å². The smallest absolute Gasteiger partial charge is 0.119 e. The average molecular weight is 287 g/mol. The Hall–Kier alpha value is -1.58. The van der Waals surface area contributed by atoms with Crippen LogP contribution in [0.4, 0.5) is 0 Å². The molecule has 2 aromatic rings. The Morgan fingerprint density at radius 2 is 1.81 bits per heavy atom. The first-order valence-electron chi connectivity index (χ1n) is 7.42. The van der Waals surface area contributed by atoms with Gasteiger partial charge in [-0.15, -0.1) is 0 Å². The molecule has 0 radical (unpaired) electrons. The van der Waals surface area contributed by atoms with E-state index in [0.717, 1.165) is 25.3 Å². The highest BCUT2D eigenvalue weighted by Crippen LogP contribution is 2.22. The maximum absolute atomic E-state index is 9.04. The van der Waals surface area contributed by atoms with Gasteiger partial charge in [-0.3, -0.25) is 0 Å². The largest absolute Gasteiger partial charge is 0.497 e. The van der Waals surface area contributed by atoms with Gasteiger partial charge >= 0.3 is 0 Å². The van der Waals surface area contributed by atoms with Crippen LogP contribution >= 0.6 is 0 Å². The predicted octanol–water partition coefficient (Wildman–Crippen LogP) is 3.35. The molecular weight excluding hydrogens is 262 g/mol. The Morgan fingerprint density at radius 3 is 2.52 bits per heavy atom. The van der Waals surface area contributed by atoms with E-state index in [0.29, 0.717) is 0 Å². The third-order valence-corrected chi connectivity index (χ3v) is 3.83. The lowest BCUT2D eigenvalue weighted by Gasteiger charge is -2.24. The fourth-order valence-corrected chi connectivity index (χ4v) is 2.45. The zero-order chi connectivity index (χ0) is 15.3. The van der Waals surface area contributed by atoms with Crippen LogP contribution in [0.1, 0.15) is 25.8 Å². The van der Waals surface area contributed by atoms with Gasteiger partial charge in [0.2, 0.25) is 0 Å². The minimum atomic E-state index is 0.124. The summed E-state index contributed by atoms with van der Waals surface area (Å²) in [5, 5.41) is 14.9. The number of benzene rings is 2. The third-order valence-electron chi connectivity index (χ3n) is 3.83. The molecule has 0 atom stereocenters. The summed E-state index contributed by atoms with van der Waals surface area (Å²) in [6.07, 6.45) is 0.817. The summed E-state index contributed by atoms with van der Waals surface area (Å²) in [7, 11) is 1.69. The molecule has 0 fully saturated rings. The van der Waals surface area contributed by atoms with Crippen molar-refractivity contribution in [1.82, 2.24) is 5.32 Å². The van der Waals surface area contributed by atoms with Gasteiger partial charge < -0.3 is 15.2 Å². The fraction of sp³-hybridized carbons (Fsp3) is 0.444. The second-order valence-corrected chi connectivity index (χ2v) is 6.29. The number of aliphatic hydroxyl groups excluding tert-OH is 1. The minimum absolute atomic E-state index is 0.124. The van der Waals surface area contributed by atoms with Crippen molar-refractivity contribution in [3.8, 4) is 5.75 Å². The Labute approximate surface area is 126 Å². The number of hydrogen-bond acceptors (Lipinski definition) is 3. The molecule has 0 aliphatic rings. The van der Waals surface area contributed by atoms with Gasteiger partial charge in [-0.05, 0) is 46.4 Å². The maximum atomic E-state index is 9.04.